The van der Waals surface area contributed by atoms with E-state index in [2.05, 4.69) is 28.6 Å². The van der Waals surface area contributed by atoms with Crippen LogP contribution < -0.4 is 21.7 Å². The van der Waals surface area contributed by atoms with Crippen LogP contribution in [-0.4, -0.2) is 68.9 Å². The van der Waals surface area contributed by atoms with Gasteiger partial charge in [0.1, 0.15) is 29.6 Å². The molecule has 0 aliphatic heterocycles. The molecule has 0 aromatic heterocycles. The number of phenolic OH excluding ortho intramolecular Hbond substituents is 2. The van der Waals surface area contributed by atoms with E-state index in [1.165, 1.54) is 24.3 Å². The standard InChI is InChI=1S/C27H36N4O7S/c1-3-15(2)23(31-24(34)20(28)12-16-4-8-18(32)9-5-16)26(36)30-22(14-39)25(35)29-21(27(37)38)13-17-6-10-19(33)11-7-17/h4-11,15,20-23,32-33,39H,3,12-14,28H2,1-2H3,(H,29,35)(H,30,36)(H,31,34)(H,37,38). The molecule has 5 atom stereocenters. The van der Waals surface area contributed by atoms with Crippen LogP contribution in [0.25, 0.3) is 0 Å². The highest BCUT2D eigenvalue weighted by Crippen LogP contribution is 2.14. The zero-order valence-electron chi connectivity index (χ0n) is 21.8. The zero-order valence-corrected chi connectivity index (χ0v) is 22.7. The Balaban J connectivity index is 2.06. The predicted octanol–water partition coefficient (Wildman–Crippen LogP) is 0.725. The Hall–Kier alpha value is -3.77. The van der Waals surface area contributed by atoms with Crippen molar-refractivity contribution in [2.75, 3.05) is 5.75 Å². The number of benzene rings is 2. The summed E-state index contributed by atoms with van der Waals surface area (Å²) in [6, 6.07) is 7.73. The number of carbonyl (C=O) groups is 4. The van der Waals surface area contributed by atoms with Crippen molar-refractivity contribution in [1.82, 2.24) is 16.0 Å². The first-order chi connectivity index (χ1) is 18.4. The van der Waals surface area contributed by atoms with Crippen molar-refractivity contribution in [1.29, 1.82) is 0 Å². The quantitative estimate of drug-likeness (QED) is 0.155. The minimum atomic E-state index is -1.29. The van der Waals surface area contributed by atoms with E-state index in [0.29, 0.717) is 12.0 Å². The second kappa shape index (κ2) is 15.0. The van der Waals surface area contributed by atoms with E-state index in [9.17, 15) is 34.5 Å². The van der Waals surface area contributed by atoms with Gasteiger partial charge < -0.3 is 37.0 Å². The average molecular weight is 561 g/mol. The number of nitrogens with one attached hydrogen (secondary N) is 3. The van der Waals surface area contributed by atoms with Gasteiger partial charge in [-0.3, -0.25) is 14.4 Å². The summed E-state index contributed by atoms with van der Waals surface area (Å²) in [4.78, 5) is 50.6. The lowest BCUT2D eigenvalue weighted by Gasteiger charge is -2.27. The number of carbonyl (C=O) groups excluding carboxylic acids is 3. The second-order valence-electron chi connectivity index (χ2n) is 9.36. The third-order valence-corrected chi connectivity index (χ3v) is 6.69. The van der Waals surface area contributed by atoms with Crippen molar-refractivity contribution < 1.29 is 34.5 Å². The summed E-state index contributed by atoms with van der Waals surface area (Å²) in [6.45, 7) is 3.61. The van der Waals surface area contributed by atoms with Gasteiger partial charge in [0.15, 0.2) is 0 Å². The highest BCUT2D eigenvalue weighted by atomic mass is 32.1. The molecule has 0 bridgehead atoms. The molecule has 11 nitrogen and oxygen atoms in total. The van der Waals surface area contributed by atoms with E-state index in [4.69, 9.17) is 5.73 Å². The monoisotopic (exact) mass is 560 g/mol. The Morgan fingerprint density at radius 3 is 1.74 bits per heavy atom. The van der Waals surface area contributed by atoms with E-state index in [0.717, 1.165) is 5.56 Å². The number of carboxylic acid groups (broad SMARTS) is 1. The molecule has 212 valence electrons. The van der Waals surface area contributed by atoms with E-state index in [1.54, 1.807) is 31.2 Å². The summed E-state index contributed by atoms with van der Waals surface area (Å²) < 4.78 is 0. The first-order valence-corrected chi connectivity index (χ1v) is 13.1. The highest BCUT2D eigenvalue weighted by Gasteiger charge is 2.32. The zero-order chi connectivity index (χ0) is 29.1. The number of aromatic hydroxyl groups is 2. The van der Waals surface area contributed by atoms with Gasteiger partial charge in [-0.2, -0.15) is 12.6 Å². The van der Waals surface area contributed by atoms with Crippen LogP contribution in [0.3, 0.4) is 0 Å². The van der Waals surface area contributed by atoms with Crippen molar-refractivity contribution in [3.8, 4) is 11.5 Å². The van der Waals surface area contributed by atoms with Gasteiger partial charge in [-0.05, 0) is 47.7 Å². The minimum Gasteiger partial charge on any atom is -0.508 e. The minimum absolute atomic E-state index is 0.0248. The highest BCUT2D eigenvalue weighted by molar-refractivity contribution is 7.80. The van der Waals surface area contributed by atoms with E-state index in [-0.39, 0.29) is 36.0 Å². The van der Waals surface area contributed by atoms with Gasteiger partial charge in [-0.15, -0.1) is 0 Å². The Morgan fingerprint density at radius 2 is 1.28 bits per heavy atom. The number of hydrogen-bond acceptors (Lipinski definition) is 8. The molecule has 39 heavy (non-hydrogen) atoms. The molecule has 3 amide bonds. The maximum Gasteiger partial charge on any atom is 0.326 e. The number of rotatable bonds is 14. The number of aliphatic carboxylic acids is 1. The van der Waals surface area contributed by atoms with Crippen molar-refractivity contribution in [3.05, 3.63) is 59.7 Å². The van der Waals surface area contributed by atoms with Crippen molar-refractivity contribution in [3.63, 3.8) is 0 Å². The largest absolute Gasteiger partial charge is 0.508 e. The van der Waals surface area contributed by atoms with Gasteiger partial charge in [0.2, 0.25) is 17.7 Å². The molecule has 0 saturated carbocycles. The van der Waals surface area contributed by atoms with Gasteiger partial charge in [-0.1, -0.05) is 44.5 Å². The van der Waals surface area contributed by atoms with Crippen LogP contribution in [0.2, 0.25) is 0 Å². The van der Waals surface area contributed by atoms with Gasteiger partial charge in [0.05, 0.1) is 6.04 Å². The topological polar surface area (TPSA) is 191 Å². The van der Waals surface area contributed by atoms with Gasteiger partial charge in [0, 0.05) is 12.2 Å². The van der Waals surface area contributed by atoms with E-state index >= 15 is 0 Å². The lowest BCUT2D eigenvalue weighted by atomic mass is 9.97. The van der Waals surface area contributed by atoms with Gasteiger partial charge >= 0.3 is 5.97 Å². The Kier molecular flexibility index (Phi) is 12.1. The average Bonchev–Trinajstić information content (AvgIpc) is 2.91. The Bertz CT molecular complexity index is 1130. The normalized spacial score (nSPS) is 14.8. The summed E-state index contributed by atoms with van der Waals surface area (Å²) >= 11 is 4.15. The number of thiol groups is 1. The number of amides is 3. The molecule has 0 aliphatic rings. The summed E-state index contributed by atoms with van der Waals surface area (Å²) in [5.74, 6) is -3.52. The first kappa shape index (κ1) is 31.4. The SMILES string of the molecule is CCC(C)C(NC(=O)C(N)Cc1ccc(O)cc1)C(=O)NC(CS)C(=O)NC(Cc1ccc(O)cc1)C(=O)O. The number of carboxylic acids is 1. The van der Waals surface area contributed by atoms with E-state index in [1.807, 2.05) is 6.92 Å². The first-order valence-electron chi connectivity index (χ1n) is 12.5. The molecular formula is C27H36N4O7S. The molecule has 2 rings (SSSR count). The maximum absolute atomic E-state index is 13.2. The second-order valence-corrected chi connectivity index (χ2v) is 9.73. The molecule has 12 heteroatoms. The smallest absolute Gasteiger partial charge is 0.326 e. The third-order valence-electron chi connectivity index (χ3n) is 6.33. The molecule has 0 spiro atoms. The molecule has 0 radical (unpaired) electrons. The lowest BCUT2D eigenvalue weighted by molar-refractivity contribution is -0.142. The molecular weight excluding hydrogens is 524 g/mol. The molecule has 0 fully saturated rings. The Labute approximate surface area is 232 Å². The lowest BCUT2D eigenvalue weighted by Crippen LogP contribution is -2.59. The van der Waals surface area contributed by atoms with Crippen molar-refractivity contribution in [2.45, 2.75) is 57.3 Å². The number of nitrogens with two attached hydrogens (primary N) is 1. The van der Waals surface area contributed by atoms with Crippen molar-refractivity contribution in [2.24, 2.45) is 11.7 Å². The van der Waals surface area contributed by atoms with Crippen LogP contribution in [0.4, 0.5) is 0 Å². The Morgan fingerprint density at radius 1 is 0.795 bits per heavy atom. The van der Waals surface area contributed by atoms with Gasteiger partial charge in [-0.25, -0.2) is 4.79 Å². The fraction of sp³-hybridized carbons (Fsp3) is 0.407. The predicted molar refractivity (Wildman–Crippen MR) is 148 cm³/mol. The van der Waals surface area contributed by atoms with Crippen LogP contribution >= 0.6 is 12.6 Å². The molecule has 5 unspecified atom stereocenters. The summed E-state index contributed by atoms with van der Waals surface area (Å²) in [5, 5.41) is 36.1. The summed E-state index contributed by atoms with van der Waals surface area (Å²) in [5.41, 5.74) is 7.36. The van der Waals surface area contributed by atoms with Crippen LogP contribution in [-0.2, 0) is 32.0 Å². The van der Waals surface area contributed by atoms with E-state index < -0.39 is 47.9 Å². The van der Waals surface area contributed by atoms with Crippen molar-refractivity contribution >= 4 is 36.3 Å². The third kappa shape index (κ3) is 9.80. The molecule has 0 aliphatic carbocycles. The van der Waals surface area contributed by atoms with Crippen LogP contribution in [0, 0.1) is 5.92 Å². The summed E-state index contributed by atoms with van der Waals surface area (Å²) in [6.07, 6.45) is 0.677. The summed E-state index contributed by atoms with van der Waals surface area (Å²) in [7, 11) is 0. The molecule has 2 aromatic carbocycles. The maximum atomic E-state index is 13.2. The molecule has 8 N–H and O–H groups in total. The number of hydrogen-bond donors (Lipinski definition) is 8. The molecule has 2 aromatic rings. The fourth-order valence-electron chi connectivity index (χ4n) is 3.74. The molecule has 0 saturated heterocycles. The fourth-order valence-corrected chi connectivity index (χ4v) is 3.99. The van der Waals surface area contributed by atoms with Gasteiger partial charge in [0.25, 0.3) is 0 Å². The number of phenols is 2. The molecule has 0 heterocycles. The van der Waals surface area contributed by atoms with Crippen LogP contribution in [0.1, 0.15) is 31.4 Å². The van der Waals surface area contributed by atoms with Crippen LogP contribution in [0.15, 0.2) is 48.5 Å². The van der Waals surface area contributed by atoms with Crippen LogP contribution in [0.5, 0.6) is 11.5 Å².